The molecule has 1 saturated carbocycles. The van der Waals surface area contributed by atoms with Gasteiger partial charge in [0.1, 0.15) is 28.9 Å². The second-order valence-electron chi connectivity index (χ2n) is 8.51. The lowest BCUT2D eigenvalue weighted by Gasteiger charge is -2.27. The number of amides is 1. The molecule has 2 atom stereocenters. The monoisotopic (exact) mass is 506 g/mol. The molecule has 1 aliphatic heterocycles. The highest BCUT2D eigenvalue weighted by atomic mass is 32.2. The summed E-state index contributed by atoms with van der Waals surface area (Å²) in [5.74, 6) is 0.696. The van der Waals surface area contributed by atoms with E-state index in [2.05, 4.69) is 0 Å². The van der Waals surface area contributed by atoms with Crippen LogP contribution in [0.1, 0.15) is 47.2 Å². The van der Waals surface area contributed by atoms with Gasteiger partial charge in [0.15, 0.2) is 6.61 Å². The molecule has 0 radical (unpaired) electrons. The van der Waals surface area contributed by atoms with Gasteiger partial charge in [-0.25, -0.2) is 9.80 Å². The van der Waals surface area contributed by atoms with Crippen LogP contribution in [0.25, 0.3) is 6.08 Å². The molecule has 2 unspecified atom stereocenters. The van der Waals surface area contributed by atoms with Crippen molar-refractivity contribution >= 4 is 35.4 Å². The van der Waals surface area contributed by atoms with Crippen LogP contribution in [0.15, 0.2) is 79.4 Å². The number of carbonyl (C=O) groups excluding carboxylic acids is 2. The average molecular weight is 507 g/mol. The lowest BCUT2D eigenvalue weighted by molar-refractivity contribution is -0.137. The molecule has 1 aliphatic carbocycles. The van der Waals surface area contributed by atoms with Crippen LogP contribution in [0, 0.1) is 5.92 Å². The number of hydrogen-bond donors (Lipinski definition) is 0. The van der Waals surface area contributed by atoms with Crippen LogP contribution in [-0.4, -0.2) is 42.6 Å². The van der Waals surface area contributed by atoms with Crippen molar-refractivity contribution in [3.63, 3.8) is 0 Å². The number of rotatable bonds is 7. The number of hydrogen-bond acceptors (Lipinski definition) is 8. The van der Waals surface area contributed by atoms with E-state index in [1.165, 1.54) is 23.9 Å². The van der Waals surface area contributed by atoms with Gasteiger partial charge in [-0.1, -0.05) is 0 Å². The van der Waals surface area contributed by atoms with Crippen molar-refractivity contribution in [2.24, 2.45) is 11.0 Å². The maximum Gasteiger partial charge on any atom is 0.342 e. The van der Waals surface area contributed by atoms with Gasteiger partial charge < -0.3 is 18.3 Å². The summed E-state index contributed by atoms with van der Waals surface area (Å²) in [5, 5.41) is 6.13. The Balaban J connectivity index is 1.38. The summed E-state index contributed by atoms with van der Waals surface area (Å²) in [4.78, 5) is 27.1. The number of benzene rings is 1. The Morgan fingerprint density at radius 3 is 2.75 bits per heavy atom. The van der Waals surface area contributed by atoms with Crippen molar-refractivity contribution in [2.45, 2.75) is 30.2 Å². The predicted molar refractivity (Wildman–Crippen MR) is 135 cm³/mol. The highest BCUT2D eigenvalue weighted by molar-refractivity contribution is 7.98. The first-order valence-corrected chi connectivity index (χ1v) is 12.9. The second-order valence-corrected chi connectivity index (χ2v) is 9.39. The molecule has 2 aliphatic rings. The van der Waals surface area contributed by atoms with E-state index in [0.29, 0.717) is 11.5 Å². The second kappa shape index (κ2) is 10.5. The highest BCUT2D eigenvalue weighted by Gasteiger charge is 2.45. The van der Waals surface area contributed by atoms with Crippen LogP contribution >= 0.6 is 11.8 Å². The molecular weight excluding hydrogens is 480 g/mol. The van der Waals surface area contributed by atoms with E-state index in [9.17, 15) is 9.59 Å². The van der Waals surface area contributed by atoms with E-state index >= 15 is 0 Å². The number of carbonyl (C=O) groups is 2. The number of methoxy groups -OCH3 is 1. The van der Waals surface area contributed by atoms with Gasteiger partial charge in [0, 0.05) is 10.8 Å². The fourth-order valence-electron chi connectivity index (χ4n) is 4.73. The van der Waals surface area contributed by atoms with Crippen LogP contribution < -0.4 is 4.74 Å². The quantitative estimate of drug-likeness (QED) is 0.305. The molecule has 1 amide bonds. The standard InChI is InChI=1S/C27H26N2O6S/c1-32-23-15-19(36-2)10-11-20(23)27(31)35-16-24(30)29-26(22-9-5-13-34-22)21-8-3-6-17(25(21)28-29)14-18-7-4-12-33-18/h4-5,7,9-15,21,26H,3,6,8,16H2,1-2H3. The third-order valence-electron chi connectivity index (χ3n) is 6.41. The summed E-state index contributed by atoms with van der Waals surface area (Å²) in [5.41, 5.74) is 2.13. The normalized spacial score (nSPS) is 20.2. The maximum atomic E-state index is 13.3. The molecule has 3 aromatic rings. The van der Waals surface area contributed by atoms with Gasteiger partial charge in [0.05, 0.1) is 25.3 Å². The first-order valence-electron chi connectivity index (χ1n) is 11.7. The molecule has 5 rings (SSSR count). The van der Waals surface area contributed by atoms with Gasteiger partial charge in [-0.15, -0.1) is 11.8 Å². The van der Waals surface area contributed by atoms with E-state index in [-0.39, 0.29) is 11.5 Å². The SMILES string of the molecule is COc1cc(SC)ccc1C(=O)OCC(=O)N1N=C2C(=Cc3ccco3)CCCC2C1c1ccco1. The Labute approximate surface area is 212 Å². The van der Waals surface area contributed by atoms with E-state index in [0.717, 1.165) is 41.2 Å². The third kappa shape index (κ3) is 4.70. The largest absolute Gasteiger partial charge is 0.496 e. The molecule has 8 nitrogen and oxygen atoms in total. The fraction of sp³-hybridized carbons (Fsp3) is 0.296. The number of furan rings is 2. The van der Waals surface area contributed by atoms with Gasteiger partial charge in [0.2, 0.25) is 0 Å². The maximum absolute atomic E-state index is 13.3. The van der Waals surface area contributed by atoms with Crippen molar-refractivity contribution in [3.8, 4) is 5.75 Å². The lowest BCUT2D eigenvalue weighted by Crippen LogP contribution is -2.34. The first-order chi connectivity index (χ1) is 17.6. The molecule has 3 heterocycles. The average Bonchev–Trinajstić information content (AvgIpc) is 3.68. The number of fused-ring (bicyclic) bond motifs is 1. The van der Waals surface area contributed by atoms with Gasteiger partial charge >= 0.3 is 5.97 Å². The molecule has 1 aromatic carbocycles. The van der Waals surface area contributed by atoms with E-state index < -0.39 is 24.5 Å². The molecule has 9 heteroatoms. The summed E-state index contributed by atoms with van der Waals surface area (Å²) in [6, 6.07) is 12.2. The summed E-state index contributed by atoms with van der Waals surface area (Å²) in [6.45, 7) is -0.454. The van der Waals surface area contributed by atoms with Crippen LogP contribution in [0.4, 0.5) is 0 Å². The number of hydrazone groups is 1. The van der Waals surface area contributed by atoms with Crippen molar-refractivity contribution in [2.75, 3.05) is 20.0 Å². The van der Waals surface area contributed by atoms with Crippen molar-refractivity contribution in [1.29, 1.82) is 0 Å². The summed E-state index contributed by atoms with van der Waals surface area (Å²) in [6.07, 6.45) is 9.78. The zero-order valence-electron chi connectivity index (χ0n) is 20.0. The molecule has 1 fully saturated rings. The molecule has 36 heavy (non-hydrogen) atoms. The molecular formula is C27H26N2O6S. The zero-order chi connectivity index (χ0) is 25.1. The summed E-state index contributed by atoms with van der Waals surface area (Å²) < 4.78 is 21.9. The molecule has 0 spiro atoms. The van der Waals surface area contributed by atoms with Crippen molar-refractivity contribution < 1.29 is 27.9 Å². The third-order valence-corrected chi connectivity index (χ3v) is 7.13. The minimum Gasteiger partial charge on any atom is -0.496 e. The number of esters is 1. The Kier molecular flexibility index (Phi) is 6.99. The fourth-order valence-corrected chi connectivity index (χ4v) is 5.16. The number of nitrogens with zero attached hydrogens (tertiary/aromatic N) is 2. The molecule has 186 valence electrons. The molecule has 0 bridgehead atoms. The molecule has 0 saturated heterocycles. The topological polar surface area (TPSA) is 94.5 Å². The number of allylic oxidation sites excluding steroid dienone is 1. The van der Waals surface area contributed by atoms with E-state index in [4.69, 9.17) is 23.4 Å². The summed E-state index contributed by atoms with van der Waals surface area (Å²) >= 11 is 1.54. The van der Waals surface area contributed by atoms with Crippen molar-refractivity contribution in [3.05, 3.63) is 77.6 Å². The minimum atomic E-state index is -0.634. The van der Waals surface area contributed by atoms with Gasteiger partial charge in [-0.05, 0) is 79.6 Å². The smallest absolute Gasteiger partial charge is 0.342 e. The molecule has 0 N–H and O–H groups in total. The Hall–Kier alpha value is -3.72. The van der Waals surface area contributed by atoms with Gasteiger partial charge in [0.25, 0.3) is 5.91 Å². The Morgan fingerprint density at radius 1 is 1.19 bits per heavy atom. The summed E-state index contributed by atoms with van der Waals surface area (Å²) in [7, 11) is 1.49. The van der Waals surface area contributed by atoms with Crippen molar-refractivity contribution in [1.82, 2.24) is 5.01 Å². The number of thioether (sulfide) groups is 1. The lowest BCUT2D eigenvalue weighted by atomic mass is 9.79. The predicted octanol–water partition coefficient (Wildman–Crippen LogP) is 5.58. The van der Waals surface area contributed by atoms with Crippen LogP contribution in [-0.2, 0) is 9.53 Å². The first kappa shape index (κ1) is 24.0. The number of ether oxygens (including phenoxy) is 2. The van der Waals surface area contributed by atoms with Crippen LogP contribution in [0.5, 0.6) is 5.75 Å². The van der Waals surface area contributed by atoms with Gasteiger partial charge in [-0.3, -0.25) is 4.79 Å². The zero-order valence-corrected chi connectivity index (χ0v) is 20.8. The Morgan fingerprint density at radius 2 is 2.03 bits per heavy atom. The highest BCUT2D eigenvalue weighted by Crippen LogP contribution is 2.44. The van der Waals surface area contributed by atoms with Crippen LogP contribution in [0.3, 0.4) is 0 Å². The van der Waals surface area contributed by atoms with Crippen LogP contribution in [0.2, 0.25) is 0 Å². The minimum absolute atomic E-state index is 0.0232. The van der Waals surface area contributed by atoms with Gasteiger partial charge in [-0.2, -0.15) is 5.10 Å². The van der Waals surface area contributed by atoms with E-state index in [1.54, 1.807) is 30.7 Å². The Bertz CT molecular complexity index is 1300. The molecule has 2 aromatic heterocycles. The van der Waals surface area contributed by atoms with E-state index in [1.807, 2.05) is 36.6 Å².